The first kappa shape index (κ1) is 16.9. The van der Waals surface area contributed by atoms with E-state index in [4.69, 9.17) is 16.3 Å². The Balaban J connectivity index is 1.87. The van der Waals surface area contributed by atoms with Crippen molar-refractivity contribution in [3.05, 3.63) is 63.4 Å². The van der Waals surface area contributed by atoms with Gasteiger partial charge in [-0.1, -0.05) is 35.9 Å². The number of aromatic nitrogens is 2. The Bertz CT molecular complexity index is 1020. The van der Waals surface area contributed by atoms with Gasteiger partial charge in [0.2, 0.25) is 5.88 Å². The van der Waals surface area contributed by atoms with E-state index in [1.54, 1.807) is 9.36 Å². The summed E-state index contributed by atoms with van der Waals surface area (Å²) in [7, 11) is 0. The van der Waals surface area contributed by atoms with E-state index in [1.807, 2.05) is 49.4 Å². The second-order valence-corrected chi connectivity index (χ2v) is 6.84. The van der Waals surface area contributed by atoms with Crippen molar-refractivity contribution < 1.29 is 9.84 Å². The van der Waals surface area contributed by atoms with Gasteiger partial charge in [-0.15, -0.1) is 0 Å². The van der Waals surface area contributed by atoms with Crippen LogP contribution >= 0.6 is 11.6 Å². The minimum atomic E-state index is -0.190. The standard InChI is InChI=1S/C20H19ClN2O3/c1-13-2-3-15(14-4-6-16(21)7-5-14)12-17(13)18-19(24)22-8-10-26-11-9-23(22)20(18)25/h2-7,12,24H,8-11H2,1H3. The van der Waals surface area contributed by atoms with Gasteiger partial charge in [-0.25, -0.2) is 9.36 Å². The second-order valence-electron chi connectivity index (χ2n) is 6.40. The van der Waals surface area contributed by atoms with Crippen LogP contribution in [-0.2, 0) is 17.8 Å². The van der Waals surface area contributed by atoms with Gasteiger partial charge in [0.15, 0.2) is 0 Å². The third-order valence-corrected chi connectivity index (χ3v) is 5.04. The molecule has 0 atom stereocenters. The van der Waals surface area contributed by atoms with Crippen LogP contribution in [-0.4, -0.2) is 27.7 Å². The third kappa shape index (κ3) is 2.83. The van der Waals surface area contributed by atoms with Gasteiger partial charge in [0.1, 0.15) is 5.56 Å². The quantitative estimate of drug-likeness (QED) is 0.748. The van der Waals surface area contributed by atoms with Crippen LogP contribution in [0.4, 0.5) is 0 Å². The molecule has 0 aliphatic carbocycles. The zero-order valence-electron chi connectivity index (χ0n) is 14.4. The van der Waals surface area contributed by atoms with Crippen LogP contribution < -0.4 is 5.56 Å². The van der Waals surface area contributed by atoms with Crippen LogP contribution in [0.2, 0.25) is 5.02 Å². The Morgan fingerprint density at radius 2 is 1.65 bits per heavy atom. The average Bonchev–Trinajstić information content (AvgIpc) is 2.82. The molecule has 0 fully saturated rings. The number of hydrogen-bond donors (Lipinski definition) is 1. The SMILES string of the molecule is Cc1ccc(-c2ccc(Cl)cc2)cc1-c1c(O)n2n(c1=O)CCOCC2. The fourth-order valence-electron chi connectivity index (χ4n) is 3.38. The summed E-state index contributed by atoms with van der Waals surface area (Å²) in [6.45, 7) is 3.77. The summed E-state index contributed by atoms with van der Waals surface area (Å²) < 4.78 is 8.57. The lowest BCUT2D eigenvalue weighted by Gasteiger charge is -2.09. The van der Waals surface area contributed by atoms with Gasteiger partial charge in [-0.3, -0.25) is 4.79 Å². The molecule has 0 radical (unpaired) electrons. The Kier molecular flexibility index (Phi) is 4.34. The molecule has 1 aliphatic heterocycles. The van der Waals surface area contributed by atoms with E-state index in [-0.39, 0.29) is 11.4 Å². The van der Waals surface area contributed by atoms with Crippen molar-refractivity contribution in [2.45, 2.75) is 20.0 Å². The van der Waals surface area contributed by atoms with Crippen LogP contribution in [0.5, 0.6) is 5.88 Å². The van der Waals surface area contributed by atoms with Crippen LogP contribution in [0.15, 0.2) is 47.3 Å². The molecule has 1 aromatic heterocycles. The Labute approximate surface area is 156 Å². The van der Waals surface area contributed by atoms with E-state index in [1.165, 1.54) is 0 Å². The lowest BCUT2D eigenvalue weighted by atomic mass is 9.96. The van der Waals surface area contributed by atoms with Crippen molar-refractivity contribution in [1.82, 2.24) is 9.36 Å². The first-order chi connectivity index (χ1) is 12.6. The zero-order chi connectivity index (χ0) is 18.3. The van der Waals surface area contributed by atoms with Gasteiger partial charge in [-0.05, 0) is 47.4 Å². The van der Waals surface area contributed by atoms with E-state index >= 15 is 0 Å². The van der Waals surface area contributed by atoms with Crippen molar-refractivity contribution in [3.63, 3.8) is 0 Å². The van der Waals surface area contributed by atoms with E-state index < -0.39 is 0 Å². The molecule has 2 heterocycles. The smallest absolute Gasteiger partial charge is 0.278 e. The molecule has 1 aliphatic rings. The van der Waals surface area contributed by atoms with Gasteiger partial charge in [0.05, 0.1) is 26.3 Å². The number of halogens is 1. The zero-order valence-corrected chi connectivity index (χ0v) is 15.2. The Hall–Kier alpha value is -2.50. The summed E-state index contributed by atoms with van der Waals surface area (Å²) in [4.78, 5) is 12.9. The lowest BCUT2D eigenvalue weighted by Crippen LogP contribution is -2.23. The topological polar surface area (TPSA) is 56.4 Å². The molecule has 0 bridgehead atoms. The van der Waals surface area contributed by atoms with E-state index in [2.05, 4.69) is 0 Å². The molecule has 2 aromatic carbocycles. The molecule has 6 heteroatoms. The summed E-state index contributed by atoms with van der Waals surface area (Å²) in [5.41, 5.74) is 3.81. The number of aryl methyl sites for hydroxylation is 1. The number of hydrogen-bond acceptors (Lipinski definition) is 3. The fraction of sp³-hybridized carbons (Fsp3) is 0.250. The maximum absolute atomic E-state index is 12.9. The van der Waals surface area contributed by atoms with Gasteiger partial charge >= 0.3 is 0 Å². The minimum absolute atomic E-state index is 0.00291. The largest absolute Gasteiger partial charge is 0.493 e. The molecular formula is C20H19ClN2O3. The van der Waals surface area contributed by atoms with Crippen molar-refractivity contribution in [2.24, 2.45) is 0 Å². The number of ether oxygens (including phenoxy) is 1. The highest BCUT2D eigenvalue weighted by Gasteiger charge is 2.23. The number of benzene rings is 2. The summed E-state index contributed by atoms with van der Waals surface area (Å²) in [6, 6.07) is 13.5. The van der Waals surface area contributed by atoms with Crippen molar-refractivity contribution in [3.8, 4) is 28.1 Å². The predicted octanol–water partition coefficient (Wildman–Crippen LogP) is 3.68. The number of fused-ring (bicyclic) bond motifs is 1. The van der Waals surface area contributed by atoms with Gasteiger partial charge in [0.25, 0.3) is 5.56 Å². The minimum Gasteiger partial charge on any atom is -0.493 e. The summed E-state index contributed by atoms with van der Waals surface area (Å²) in [6.07, 6.45) is 0. The molecule has 1 N–H and O–H groups in total. The molecule has 26 heavy (non-hydrogen) atoms. The van der Waals surface area contributed by atoms with E-state index in [0.717, 1.165) is 22.3 Å². The molecule has 0 amide bonds. The van der Waals surface area contributed by atoms with Crippen LogP contribution in [0, 0.1) is 6.92 Å². The number of aromatic hydroxyl groups is 1. The summed E-state index contributed by atoms with van der Waals surface area (Å²) in [5, 5.41) is 11.4. The Morgan fingerprint density at radius 1 is 1.00 bits per heavy atom. The van der Waals surface area contributed by atoms with E-state index in [9.17, 15) is 9.90 Å². The van der Waals surface area contributed by atoms with Crippen LogP contribution in [0.1, 0.15) is 5.56 Å². The molecule has 5 nitrogen and oxygen atoms in total. The highest BCUT2D eigenvalue weighted by molar-refractivity contribution is 6.30. The molecule has 3 aromatic rings. The predicted molar refractivity (Wildman–Crippen MR) is 102 cm³/mol. The van der Waals surface area contributed by atoms with Crippen molar-refractivity contribution in [2.75, 3.05) is 13.2 Å². The normalized spacial score (nSPS) is 14.1. The van der Waals surface area contributed by atoms with Crippen molar-refractivity contribution >= 4 is 11.6 Å². The molecule has 0 spiro atoms. The average molecular weight is 371 g/mol. The van der Waals surface area contributed by atoms with E-state index in [0.29, 0.717) is 36.9 Å². The summed E-state index contributed by atoms with van der Waals surface area (Å²) in [5.74, 6) is -0.00291. The molecule has 134 valence electrons. The lowest BCUT2D eigenvalue weighted by molar-refractivity contribution is 0.137. The second kappa shape index (κ2) is 6.67. The highest BCUT2D eigenvalue weighted by atomic mass is 35.5. The number of nitrogens with zero attached hydrogens (tertiary/aromatic N) is 2. The Morgan fingerprint density at radius 3 is 2.38 bits per heavy atom. The molecule has 4 rings (SSSR count). The number of rotatable bonds is 2. The highest BCUT2D eigenvalue weighted by Crippen LogP contribution is 2.33. The van der Waals surface area contributed by atoms with Crippen molar-refractivity contribution in [1.29, 1.82) is 0 Å². The molecular weight excluding hydrogens is 352 g/mol. The van der Waals surface area contributed by atoms with Crippen LogP contribution in [0.25, 0.3) is 22.3 Å². The maximum atomic E-state index is 12.9. The molecule has 0 saturated carbocycles. The first-order valence-corrected chi connectivity index (χ1v) is 8.91. The maximum Gasteiger partial charge on any atom is 0.278 e. The summed E-state index contributed by atoms with van der Waals surface area (Å²) >= 11 is 5.97. The van der Waals surface area contributed by atoms with Gasteiger partial charge in [-0.2, -0.15) is 0 Å². The first-order valence-electron chi connectivity index (χ1n) is 8.53. The fourth-order valence-corrected chi connectivity index (χ4v) is 3.51. The molecule has 0 saturated heterocycles. The molecule has 0 unspecified atom stereocenters. The van der Waals surface area contributed by atoms with Gasteiger partial charge < -0.3 is 9.84 Å². The third-order valence-electron chi connectivity index (χ3n) is 4.79. The monoisotopic (exact) mass is 370 g/mol. The van der Waals surface area contributed by atoms with Crippen LogP contribution in [0.3, 0.4) is 0 Å². The van der Waals surface area contributed by atoms with Gasteiger partial charge in [0, 0.05) is 5.02 Å².